The van der Waals surface area contributed by atoms with Gasteiger partial charge in [-0.1, -0.05) is 31.7 Å². The summed E-state index contributed by atoms with van der Waals surface area (Å²) in [6, 6.07) is 0. The molecule has 0 fully saturated rings. The van der Waals surface area contributed by atoms with E-state index in [1.807, 2.05) is 13.8 Å². The summed E-state index contributed by atoms with van der Waals surface area (Å²) in [5.74, 6) is 0.491. The number of hydrogen-bond donors (Lipinski definition) is 2. The van der Waals surface area contributed by atoms with Gasteiger partial charge in [0.05, 0.1) is 5.56 Å². The molecule has 0 unspecified atom stereocenters. The van der Waals surface area contributed by atoms with Crippen molar-refractivity contribution in [3.8, 4) is 5.88 Å². The molecule has 1 rings (SSSR count). The Kier molecular flexibility index (Phi) is 4.61. The fourth-order valence-corrected chi connectivity index (χ4v) is 1.90. The SMILES string of the molecule is C=CCSc1nc(O)c([C@H](C)CC)c(=O)[nH]1. The number of hydrogen-bond acceptors (Lipinski definition) is 4. The van der Waals surface area contributed by atoms with Gasteiger partial charge in [0.15, 0.2) is 5.16 Å². The van der Waals surface area contributed by atoms with E-state index >= 15 is 0 Å². The van der Waals surface area contributed by atoms with Gasteiger partial charge in [0.2, 0.25) is 5.88 Å². The lowest BCUT2D eigenvalue weighted by Gasteiger charge is -2.09. The lowest BCUT2D eigenvalue weighted by molar-refractivity contribution is 0.429. The Morgan fingerprint density at radius 3 is 2.88 bits per heavy atom. The summed E-state index contributed by atoms with van der Waals surface area (Å²) in [5.41, 5.74) is 0.110. The van der Waals surface area contributed by atoms with Crippen LogP contribution in [-0.4, -0.2) is 20.8 Å². The van der Waals surface area contributed by atoms with Crippen molar-refractivity contribution in [2.45, 2.75) is 31.3 Å². The average molecular weight is 240 g/mol. The first-order chi connectivity index (χ1) is 7.60. The summed E-state index contributed by atoms with van der Waals surface area (Å²) in [5, 5.41) is 10.1. The van der Waals surface area contributed by atoms with Crippen LogP contribution < -0.4 is 5.56 Å². The van der Waals surface area contributed by atoms with Crippen LogP contribution in [0.1, 0.15) is 31.7 Å². The molecule has 1 heterocycles. The van der Waals surface area contributed by atoms with E-state index in [0.29, 0.717) is 16.5 Å². The zero-order valence-corrected chi connectivity index (χ0v) is 10.3. The maximum Gasteiger partial charge on any atom is 0.258 e. The smallest absolute Gasteiger partial charge is 0.258 e. The second-order valence-electron chi connectivity index (χ2n) is 3.52. The minimum absolute atomic E-state index is 0.00899. The van der Waals surface area contributed by atoms with Gasteiger partial charge in [-0.15, -0.1) is 6.58 Å². The van der Waals surface area contributed by atoms with Gasteiger partial charge in [-0.05, 0) is 12.3 Å². The highest BCUT2D eigenvalue weighted by atomic mass is 32.2. The second-order valence-corrected chi connectivity index (χ2v) is 4.53. The van der Waals surface area contributed by atoms with Gasteiger partial charge >= 0.3 is 0 Å². The number of nitrogens with zero attached hydrogens (tertiary/aromatic N) is 1. The molecule has 2 N–H and O–H groups in total. The van der Waals surface area contributed by atoms with Crippen molar-refractivity contribution in [1.29, 1.82) is 0 Å². The van der Waals surface area contributed by atoms with Crippen molar-refractivity contribution in [2.75, 3.05) is 5.75 Å². The van der Waals surface area contributed by atoms with E-state index in [0.717, 1.165) is 6.42 Å². The molecule has 1 aromatic heterocycles. The quantitative estimate of drug-likeness (QED) is 0.471. The highest BCUT2D eigenvalue weighted by Gasteiger charge is 2.15. The normalized spacial score (nSPS) is 12.4. The van der Waals surface area contributed by atoms with Crippen LogP contribution in [0.25, 0.3) is 0 Å². The van der Waals surface area contributed by atoms with E-state index in [1.165, 1.54) is 11.8 Å². The number of thioether (sulfide) groups is 1. The molecule has 1 atom stereocenters. The fraction of sp³-hybridized carbons (Fsp3) is 0.455. The highest BCUT2D eigenvalue weighted by Crippen LogP contribution is 2.24. The van der Waals surface area contributed by atoms with Gasteiger partial charge in [-0.2, -0.15) is 4.98 Å². The number of rotatable bonds is 5. The summed E-state index contributed by atoms with van der Waals surface area (Å²) < 4.78 is 0. The van der Waals surface area contributed by atoms with Crippen LogP contribution in [0.2, 0.25) is 0 Å². The van der Waals surface area contributed by atoms with Crippen LogP contribution in [0.15, 0.2) is 22.6 Å². The van der Waals surface area contributed by atoms with Crippen molar-refractivity contribution in [1.82, 2.24) is 9.97 Å². The molecule has 0 spiro atoms. The molecule has 0 saturated carbocycles. The number of aromatic amines is 1. The molecule has 0 amide bonds. The van der Waals surface area contributed by atoms with Gasteiger partial charge in [0, 0.05) is 5.75 Å². The molecule has 88 valence electrons. The van der Waals surface area contributed by atoms with Gasteiger partial charge in [0.1, 0.15) is 0 Å². The molecule has 0 aliphatic rings. The van der Waals surface area contributed by atoms with Crippen LogP contribution in [-0.2, 0) is 0 Å². The van der Waals surface area contributed by atoms with Crippen molar-refractivity contribution in [2.24, 2.45) is 0 Å². The highest BCUT2D eigenvalue weighted by molar-refractivity contribution is 7.99. The number of aromatic nitrogens is 2. The number of nitrogens with one attached hydrogen (secondary N) is 1. The van der Waals surface area contributed by atoms with Crippen LogP contribution in [0.5, 0.6) is 5.88 Å². The minimum Gasteiger partial charge on any atom is -0.493 e. The van der Waals surface area contributed by atoms with Crippen molar-refractivity contribution >= 4 is 11.8 Å². The minimum atomic E-state index is -0.256. The predicted molar refractivity (Wildman–Crippen MR) is 66.1 cm³/mol. The van der Waals surface area contributed by atoms with Gasteiger partial charge in [-0.25, -0.2) is 0 Å². The maximum atomic E-state index is 11.7. The third-order valence-corrected chi connectivity index (χ3v) is 3.23. The topological polar surface area (TPSA) is 66.0 Å². The molecule has 0 bridgehead atoms. The largest absolute Gasteiger partial charge is 0.493 e. The van der Waals surface area contributed by atoms with Gasteiger partial charge < -0.3 is 10.1 Å². The summed E-state index contributed by atoms with van der Waals surface area (Å²) >= 11 is 1.33. The van der Waals surface area contributed by atoms with Gasteiger partial charge in [-0.3, -0.25) is 4.79 Å². The van der Waals surface area contributed by atoms with E-state index in [2.05, 4.69) is 16.5 Å². The lowest BCUT2D eigenvalue weighted by atomic mass is 10.0. The number of aromatic hydroxyl groups is 1. The Morgan fingerprint density at radius 1 is 1.69 bits per heavy atom. The fourth-order valence-electron chi connectivity index (χ4n) is 1.30. The summed E-state index contributed by atoms with van der Waals surface area (Å²) in [7, 11) is 0. The summed E-state index contributed by atoms with van der Waals surface area (Å²) in [6.45, 7) is 7.43. The van der Waals surface area contributed by atoms with E-state index in [-0.39, 0.29) is 17.4 Å². The third kappa shape index (κ3) is 2.88. The Bertz CT molecular complexity index is 428. The standard InChI is InChI=1S/C11H16N2O2S/c1-4-6-16-11-12-9(14)8(7(3)5-2)10(15)13-11/h4,7H,1,5-6H2,2-3H3,(H2,12,13,14,15)/t7-/m1/s1. The van der Waals surface area contributed by atoms with E-state index in [9.17, 15) is 9.90 Å². The molecule has 0 saturated heterocycles. The average Bonchev–Trinajstić information content (AvgIpc) is 2.25. The van der Waals surface area contributed by atoms with Crippen molar-refractivity contribution in [3.05, 3.63) is 28.6 Å². The second kappa shape index (κ2) is 5.75. The molecular weight excluding hydrogens is 224 g/mol. The summed E-state index contributed by atoms with van der Waals surface area (Å²) in [6.07, 6.45) is 2.50. The van der Waals surface area contributed by atoms with Crippen LogP contribution in [0.3, 0.4) is 0 Å². The third-order valence-electron chi connectivity index (χ3n) is 2.36. The van der Waals surface area contributed by atoms with Crippen LogP contribution in [0, 0.1) is 0 Å². The zero-order chi connectivity index (χ0) is 12.1. The Hall–Kier alpha value is -1.23. The zero-order valence-electron chi connectivity index (χ0n) is 9.49. The first-order valence-electron chi connectivity index (χ1n) is 5.17. The van der Waals surface area contributed by atoms with Crippen molar-refractivity contribution in [3.63, 3.8) is 0 Å². The molecular formula is C11H16N2O2S. The molecule has 0 aromatic carbocycles. The molecule has 0 radical (unpaired) electrons. The van der Waals surface area contributed by atoms with Gasteiger partial charge in [0.25, 0.3) is 5.56 Å². The Balaban J connectivity index is 3.07. The van der Waals surface area contributed by atoms with E-state index < -0.39 is 0 Å². The molecule has 5 heteroatoms. The Labute approximate surface area is 98.8 Å². The molecule has 16 heavy (non-hydrogen) atoms. The lowest BCUT2D eigenvalue weighted by Crippen LogP contribution is -2.17. The van der Waals surface area contributed by atoms with Crippen LogP contribution in [0.4, 0.5) is 0 Å². The number of H-pyrrole nitrogens is 1. The monoisotopic (exact) mass is 240 g/mol. The first-order valence-corrected chi connectivity index (χ1v) is 6.15. The molecule has 0 aliphatic heterocycles. The first kappa shape index (κ1) is 12.8. The van der Waals surface area contributed by atoms with E-state index in [1.54, 1.807) is 6.08 Å². The molecule has 0 aliphatic carbocycles. The van der Waals surface area contributed by atoms with Crippen LogP contribution >= 0.6 is 11.8 Å². The Morgan fingerprint density at radius 2 is 2.38 bits per heavy atom. The molecule has 1 aromatic rings. The summed E-state index contributed by atoms with van der Waals surface area (Å²) in [4.78, 5) is 18.3. The van der Waals surface area contributed by atoms with E-state index in [4.69, 9.17) is 0 Å². The molecule has 4 nitrogen and oxygen atoms in total. The maximum absolute atomic E-state index is 11.7. The predicted octanol–water partition coefficient (Wildman–Crippen LogP) is 2.27. The van der Waals surface area contributed by atoms with Crippen molar-refractivity contribution < 1.29 is 5.11 Å².